The molecule has 21 heavy (non-hydrogen) atoms. The summed E-state index contributed by atoms with van der Waals surface area (Å²) in [5.41, 5.74) is 0.580. The normalized spacial score (nSPS) is 10.3. The Kier molecular flexibility index (Phi) is 4.65. The predicted molar refractivity (Wildman–Crippen MR) is 76.2 cm³/mol. The Morgan fingerprint density at radius 3 is 2.67 bits per heavy atom. The number of aryl methyl sites for hydroxylation is 1. The molecule has 0 aliphatic heterocycles. The first kappa shape index (κ1) is 14.7. The molecule has 0 aromatic carbocycles. The van der Waals surface area contributed by atoms with Crippen molar-refractivity contribution in [2.45, 2.75) is 26.2 Å². The van der Waals surface area contributed by atoms with Crippen LogP contribution < -0.4 is 5.32 Å². The van der Waals surface area contributed by atoms with Gasteiger partial charge in [0.15, 0.2) is 0 Å². The van der Waals surface area contributed by atoms with Crippen LogP contribution in [0.3, 0.4) is 0 Å². The highest BCUT2D eigenvalue weighted by atomic mass is 16.4. The topological polar surface area (TPSA) is 97.1 Å². The molecule has 0 aliphatic rings. The fourth-order valence-electron chi connectivity index (χ4n) is 1.85. The molecular weight excluding hydrogens is 272 g/mol. The van der Waals surface area contributed by atoms with Gasteiger partial charge in [0.25, 0.3) is 0 Å². The molecule has 0 atom stereocenters. The van der Waals surface area contributed by atoms with Gasteiger partial charge in [-0.1, -0.05) is 0 Å². The highest BCUT2D eigenvalue weighted by molar-refractivity contribution is 5.90. The van der Waals surface area contributed by atoms with Crippen LogP contribution in [-0.4, -0.2) is 31.5 Å². The van der Waals surface area contributed by atoms with E-state index in [9.17, 15) is 9.59 Å². The van der Waals surface area contributed by atoms with E-state index in [0.29, 0.717) is 17.9 Å². The number of imidazole rings is 1. The number of carbonyl (C=O) groups is 2. The molecule has 0 saturated carbocycles. The first-order valence-corrected chi connectivity index (χ1v) is 6.54. The zero-order chi connectivity index (χ0) is 15.2. The first-order valence-electron chi connectivity index (χ1n) is 6.54. The molecule has 0 spiro atoms. The fraction of sp³-hybridized carbons (Fsp3) is 0.286. The molecule has 7 heteroatoms. The minimum Gasteiger partial charge on any atom is -0.481 e. The summed E-state index contributed by atoms with van der Waals surface area (Å²) >= 11 is 0. The van der Waals surface area contributed by atoms with Gasteiger partial charge in [-0.25, -0.2) is 9.97 Å². The molecule has 2 rings (SSSR count). The van der Waals surface area contributed by atoms with Crippen LogP contribution in [0.5, 0.6) is 0 Å². The van der Waals surface area contributed by atoms with E-state index in [0.717, 1.165) is 5.82 Å². The van der Waals surface area contributed by atoms with E-state index in [1.54, 1.807) is 24.5 Å². The summed E-state index contributed by atoms with van der Waals surface area (Å²) in [7, 11) is 0. The molecule has 0 saturated heterocycles. The molecule has 0 fully saturated rings. The van der Waals surface area contributed by atoms with E-state index in [1.165, 1.54) is 0 Å². The van der Waals surface area contributed by atoms with Gasteiger partial charge in [0.05, 0.1) is 11.9 Å². The standard InChI is InChI=1S/C14H16N4O3/c1-10-15-7-8-18(10)12-6-5-11(9-16-12)17-13(19)3-2-4-14(20)21/h5-9H,2-4H2,1H3,(H,17,19)(H,20,21). The minimum atomic E-state index is -0.899. The molecule has 2 aromatic rings. The van der Waals surface area contributed by atoms with Crippen molar-refractivity contribution in [1.29, 1.82) is 0 Å². The lowest BCUT2D eigenvalue weighted by molar-refractivity contribution is -0.137. The van der Waals surface area contributed by atoms with E-state index in [-0.39, 0.29) is 18.7 Å². The Morgan fingerprint density at radius 1 is 1.29 bits per heavy atom. The van der Waals surface area contributed by atoms with Gasteiger partial charge in [0, 0.05) is 25.2 Å². The monoisotopic (exact) mass is 288 g/mol. The minimum absolute atomic E-state index is 0.00941. The van der Waals surface area contributed by atoms with Crippen LogP contribution in [0.2, 0.25) is 0 Å². The average Bonchev–Trinajstić information content (AvgIpc) is 2.85. The van der Waals surface area contributed by atoms with Crippen molar-refractivity contribution in [2.75, 3.05) is 5.32 Å². The van der Waals surface area contributed by atoms with Crippen molar-refractivity contribution >= 4 is 17.6 Å². The molecule has 1 amide bonds. The third-order valence-corrected chi connectivity index (χ3v) is 2.90. The van der Waals surface area contributed by atoms with Gasteiger partial charge in [0.2, 0.25) is 5.91 Å². The number of aromatic nitrogens is 3. The largest absolute Gasteiger partial charge is 0.481 e. The Morgan fingerprint density at radius 2 is 2.10 bits per heavy atom. The maximum absolute atomic E-state index is 11.6. The van der Waals surface area contributed by atoms with E-state index in [1.807, 2.05) is 17.7 Å². The van der Waals surface area contributed by atoms with E-state index in [2.05, 4.69) is 15.3 Å². The van der Waals surface area contributed by atoms with Crippen LogP contribution in [-0.2, 0) is 9.59 Å². The molecule has 2 N–H and O–H groups in total. The van der Waals surface area contributed by atoms with Crippen molar-refractivity contribution in [3.8, 4) is 5.82 Å². The van der Waals surface area contributed by atoms with Crippen molar-refractivity contribution in [3.63, 3.8) is 0 Å². The molecule has 2 heterocycles. The highest BCUT2D eigenvalue weighted by Crippen LogP contribution is 2.12. The van der Waals surface area contributed by atoms with E-state index >= 15 is 0 Å². The number of pyridine rings is 1. The molecular formula is C14H16N4O3. The van der Waals surface area contributed by atoms with Crippen molar-refractivity contribution < 1.29 is 14.7 Å². The van der Waals surface area contributed by atoms with E-state index < -0.39 is 5.97 Å². The van der Waals surface area contributed by atoms with Gasteiger partial charge in [-0.2, -0.15) is 0 Å². The summed E-state index contributed by atoms with van der Waals surface area (Å²) in [6.07, 6.45) is 5.54. The number of nitrogens with one attached hydrogen (secondary N) is 1. The lowest BCUT2D eigenvalue weighted by atomic mass is 10.2. The van der Waals surface area contributed by atoms with E-state index in [4.69, 9.17) is 5.11 Å². The van der Waals surface area contributed by atoms with Crippen LogP contribution in [0.1, 0.15) is 25.1 Å². The lowest BCUT2D eigenvalue weighted by Gasteiger charge is -2.07. The fourth-order valence-corrected chi connectivity index (χ4v) is 1.85. The molecule has 2 aromatic heterocycles. The van der Waals surface area contributed by atoms with Crippen LogP contribution in [0, 0.1) is 6.92 Å². The smallest absolute Gasteiger partial charge is 0.303 e. The molecule has 0 bridgehead atoms. The van der Waals surface area contributed by atoms with Gasteiger partial charge in [-0.05, 0) is 25.5 Å². The third kappa shape index (κ3) is 4.13. The van der Waals surface area contributed by atoms with Gasteiger partial charge >= 0.3 is 5.97 Å². The third-order valence-electron chi connectivity index (χ3n) is 2.90. The average molecular weight is 288 g/mol. The van der Waals surface area contributed by atoms with Crippen LogP contribution in [0.25, 0.3) is 5.82 Å². The summed E-state index contributed by atoms with van der Waals surface area (Å²) < 4.78 is 1.83. The summed E-state index contributed by atoms with van der Waals surface area (Å²) in [6, 6.07) is 3.53. The quantitative estimate of drug-likeness (QED) is 0.844. The second-order valence-electron chi connectivity index (χ2n) is 4.54. The molecule has 110 valence electrons. The number of aliphatic carboxylic acids is 1. The number of anilines is 1. The Labute approximate surface area is 121 Å². The van der Waals surface area contributed by atoms with Gasteiger partial charge in [-0.3, -0.25) is 14.2 Å². The Hall–Kier alpha value is -2.70. The van der Waals surface area contributed by atoms with Crippen LogP contribution in [0.4, 0.5) is 5.69 Å². The zero-order valence-electron chi connectivity index (χ0n) is 11.6. The second kappa shape index (κ2) is 6.65. The number of carbonyl (C=O) groups excluding carboxylic acids is 1. The van der Waals surface area contributed by atoms with Gasteiger partial charge < -0.3 is 10.4 Å². The first-order chi connectivity index (χ1) is 10.1. The zero-order valence-corrected chi connectivity index (χ0v) is 11.6. The molecule has 0 aliphatic carbocycles. The summed E-state index contributed by atoms with van der Waals surface area (Å²) in [5.74, 6) is 0.427. The number of nitrogens with zero attached hydrogens (tertiary/aromatic N) is 3. The van der Waals surface area contributed by atoms with Crippen molar-refractivity contribution in [2.24, 2.45) is 0 Å². The lowest BCUT2D eigenvalue weighted by Crippen LogP contribution is -2.12. The second-order valence-corrected chi connectivity index (χ2v) is 4.54. The molecule has 0 radical (unpaired) electrons. The number of amides is 1. The van der Waals surface area contributed by atoms with Crippen LogP contribution >= 0.6 is 0 Å². The molecule has 0 unspecified atom stereocenters. The highest BCUT2D eigenvalue weighted by Gasteiger charge is 2.06. The van der Waals surface area contributed by atoms with Crippen molar-refractivity contribution in [1.82, 2.24) is 14.5 Å². The summed E-state index contributed by atoms with van der Waals surface area (Å²) in [6.45, 7) is 1.87. The summed E-state index contributed by atoms with van der Waals surface area (Å²) in [5, 5.41) is 11.2. The number of hydrogen-bond donors (Lipinski definition) is 2. The maximum Gasteiger partial charge on any atom is 0.303 e. The van der Waals surface area contributed by atoms with Crippen LogP contribution in [0.15, 0.2) is 30.7 Å². The Bertz CT molecular complexity index is 634. The number of hydrogen-bond acceptors (Lipinski definition) is 4. The number of rotatable bonds is 6. The summed E-state index contributed by atoms with van der Waals surface area (Å²) in [4.78, 5) is 30.4. The van der Waals surface area contributed by atoms with Gasteiger partial charge in [0.1, 0.15) is 11.6 Å². The Balaban J connectivity index is 1.92. The maximum atomic E-state index is 11.6. The number of carboxylic acids is 1. The number of carboxylic acid groups (broad SMARTS) is 1. The predicted octanol–water partition coefficient (Wildman–Crippen LogP) is 1.77. The molecule has 7 nitrogen and oxygen atoms in total. The SMILES string of the molecule is Cc1nccn1-c1ccc(NC(=O)CCCC(=O)O)cn1. The van der Waals surface area contributed by atoms with Crippen molar-refractivity contribution in [3.05, 3.63) is 36.5 Å². The van der Waals surface area contributed by atoms with Gasteiger partial charge in [-0.15, -0.1) is 0 Å².